The third-order valence-corrected chi connectivity index (χ3v) is 6.60. The van der Waals surface area contributed by atoms with Crippen LogP contribution in [0.5, 0.6) is 0 Å². The normalized spacial score (nSPS) is 11.9. The highest BCUT2D eigenvalue weighted by Crippen LogP contribution is 2.26. The minimum absolute atomic E-state index is 0.0315. The van der Waals surface area contributed by atoms with Crippen LogP contribution in [0.15, 0.2) is 53.4 Å². The molecule has 172 valence electrons. The Morgan fingerprint density at radius 2 is 1.72 bits per heavy atom. The van der Waals surface area contributed by atoms with Crippen LogP contribution in [-0.2, 0) is 19.6 Å². The van der Waals surface area contributed by atoms with Crippen molar-refractivity contribution in [2.75, 3.05) is 17.4 Å². The summed E-state index contributed by atoms with van der Waals surface area (Å²) in [5, 5.41) is 4.45. The van der Waals surface area contributed by atoms with E-state index in [-0.39, 0.29) is 17.0 Å². The third-order valence-electron chi connectivity index (χ3n) is 4.55. The van der Waals surface area contributed by atoms with E-state index in [4.69, 9.17) is 4.74 Å². The number of benzene rings is 2. The Morgan fingerprint density at radius 3 is 2.31 bits per heavy atom. The molecule has 32 heavy (non-hydrogen) atoms. The number of nitrogens with one attached hydrogen (secondary N) is 2. The van der Waals surface area contributed by atoms with E-state index >= 15 is 0 Å². The predicted octanol–water partition coefficient (Wildman–Crippen LogP) is 2.60. The number of imide groups is 1. The van der Waals surface area contributed by atoms with E-state index in [1.165, 1.54) is 29.4 Å². The van der Waals surface area contributed by atoms with Crippen molar-refractivity contribution >= 4 is 33.6 Å². The molecule has 0 aliphatic carbocycles. The van der Waals surface area contributed by atoms with Crippen LogP contribution in [-0.4, -0.2) is 45.5 Å². The number of anilines is 1. The largest absolute Gasteiger partial charge is 0.449 e. The standard InChI is InChI=1S/C22H27N3O6S/c1-5-23-22(28)24-20(26)16(4)31-21(27)17-13-12-15(3)19(14-17)32(29,30)25(6-2)18-10-8-7-9-11-18/h7-14,16H,5-6H2,1-4H3,(H2,23,24,26,28). The first-order valence-corrected chi connectivity index (χ1v) is 11.5. The van der Waals surface area contributed by atoms with Gasteiger partial charge in [-0.3, -0.25) is 14.4 Å². The summed E-state index contributed by atoms with van der Waals surface area (Å²) in [6.07, 6.45) is -1.26. The molecule has 2 N–H and O–H groups in total. The lowest BCUT2D eigenvalue weighted by Gasteiger charge is -2.24. The van der Waals surface area contributed by atoms with E-state index in [0.717, 1.165) is 0 Å². The molecule has 1 atom stereocenters. The minimum Gasteiger partial charge on any atom is -0.449 e. The molecule has 2 rings (SSSR count). The fourth-order valence-electron chi connectivity index (χ4n) is 2.91. The summed E-state index contributed by atoms with van der Waals surface area (Å²) in [6, 6.07) is 12.1. The van der Waals surface area contributed by atoms with E-state index in [1.54, 1.807) is 51.1 Å². The highest BCUT2D eigenvalue weighted by atomic mass is 32.2. The van der Waals surface area contributed by atoms with Gasteiger partial charge in [-0.05, 0) is 57.5 Å². The molecule has 0 heterocycles. The number of ether oxygens (including phenoxy) is 1. The molecule has 1 unspecified atom stereocenters. The van der Waals surface area contributed by atoms with E-state index in [2.05, 4.69) is 10.6 Å². The summed E-state index contributed by atoms with van der Waals surface area (Å²) in [5.41, 5.74) is 0.923. The molecular formula is C22H27N3O6S. The Kier molecular flexibility index (Phi) is 8.36. The Labute approximate surface area is 187 Å². The summed E-state index contributed by atoms with van der Waals surface area (Å²) in [7, 11) is -3.96. The number of carbonyl (C=O) groups is 3. The van der Waals surface area contributed by atoms with Gasteiger partial charge in [-0.1, -0.05) is 24.3 Å². The first-order chi connectivity index (χ1) is 15.1. The molecule has 0 spiro atoms. The van der Waals surface area contributed by atoms with Gasteiger partial charge in [-0.2, -0.15) is 0 Å². The molecule has 3 amide bonds. The molecule has 0 fully saturated rings. The molecule has 0 aromatic heterocycles. The minimum atomic E-state index is -3.96. The van der Waals surface area contributed by atoms with Crippen molar-refractivity contribution in [3.8, 4) is 0 Å². The number of aryl methyl sites for hydroxylation is 1. The summed E-state index contributed by atoms with van der Waals surface area (Å²) in [4.78, 5) is 36.0. The lowest BCUT2D eigenvalue weighted by Crippen LogP contribution is -2.44. The lowest BCUT2D eigenvalue weighted by atomic mass is 10.1. The van der Waals surface area contributed by atoms with Gasteiger partial charge in [0.25, 0.3) is 15.9 Å². The van der Waals surface area contributed by atoms with Crippen LogP contribution >= 0.6 is 0 Å². The number of rotatable bonds is 8. The molecule has 2 aromatic rings. The fourth-order valence-corrected chi connectivity index (χ4v) is 4.64. The monoisotopic (exact) mass is 461 g/mol. The fraction of sp³-hybridized carbons (Fsp3) is 0.318. The summed E-state index contributed by atoms with van der Waals surface area (Å²) in [6.45, 7) is 6.86. The number of para-hydroxylation sites is 1. The van der Waals surface area contributed by atoms with Crippen molar-refractivity contribution < 1.29 is 27.5 Å². The molecule has 0 bridgehead atoms. The van der Waals surface area contributed by atoms with Crippen molar-refractivity contribution in [3.05, 3.63) is 59.7 Å². The SMILES string of the molecule is CCNC(=O)NC(=O)C(C)OC(=O)c1ccc(C)c(S(=O)(=O)N(CC)c2ccccc2)c1. The van der Waals surface area contributed by atoms with E-state index in [1.807, 2.05) is 0 Å². The van der Waals surface area contributed by atoms with Crippen LogP contribution in [0.25, 0.3) is 0 Å². The molecular weight excluding hydrogens is 434 g/mol. The summed E-state index contributed by atoms with van der Waals surface area (Å²) >= 11 is 0. The number of esters is 1. The van der Waals surface area contributed by atoms with E-state index in [0.29, 0.717) is 17.8 Å². The van der Waals surface area contributed by atoms with Gasteiger partial charge in [0, 0.05) is 13.1 Å². The molecule has 0 radical (unpaired) electrons. The van der Waals surface area contributed by atoms with Gasteiger partial charge in [-0.15, -0.1) is 0 Å². The van der Waals surface area contributed by atoms with Crippen LogP contribution < -0.4 is 14.9 Å². The highest BCUT2D eigenvalue weighted by molar-refractivity contribution is 7.92. The molecule has 9 nitrogen and oxygen atoms in total. The van der Waals surface area contributed by atoms with Crippen LogP contribution in [0.1, 0.15) is 36.7 Å². The zero-order valence-electron chi connectivity index (χ0n) is 18.4. The second-order valence-electron chi connectivity index (χ2n) is 6.88. The van der Waals surface area contributed by atoms with Gasteiger partial charge >= 0.3 is 12.0 Å². The number of carbonyl (C=O) groups excluding carboxylic acids is 3. The first-order valence-electron chi connectivity index (χ1n) is 10.1. The second-order valence-corrected chi connectivity index (χ2v) is 8.71. The van der Waals surface area contributed by atoms with Gasteiger partial charge in [0.1, 0.15) is 0 Å². The predicted molar refractivity (Wildman–Crippen MR) is 120 cm³/mol. The van der Waals surface area contributed by atoms with Crippen molar-refractivity contribution in [3.63, 3.8) is 0 Å². The zero-order chi connectivity index (χ0) is 23.9. The van der Waals surface area contributed by atoms with Crippen molar-refractivity contribution in [1.82, 2.24) is 10.6 Å². The van der Waals surface area contributed by atoms with Crippen LogP contribution in [0.4, 0.5) is 10.5 Å². The molecule has 2 aromatic carbocycles. The number of sulfonamides is 1. The Bertz CT molecular complexity index is 1090. The highest BCUT2D eigenvalue weighted by Gasteiger charge is 2.27. The van der Waals surface area contributed by atoms with Crippen molar-refractivity contribution in [1.29, 1.82) is 0 Å². The van der Waals surface area contributed by atoms with Gasteiger partial charge in [0.15, 0.2) is 6.10 Å². The zero-order valence-corrected chi connectivity index (χ0v) is 19.2. The van der Waals surface area contributed by atoms with Crippen LogP contribution in [0.3, 0.4) is 0 Å². The molecule has 0 saturated carbocycles. The number of hydrogen-bond acceptors (Lipinski definition) is 6. The topological polar surface area (TPSA) is 122 Å². The maximum Gasteiger partial charge on any atom is 0.338 e. The van der Waals surface area contributed by atoms with Crippen LogP contribution in [0.2, 0.25) is 0 Å². The van der Waals surface area contributed by atoms with Gasteiger partial charge < -0.3 is 10.1 Å². The summed E-state index contributed by atoms with van der Waals surface area (Å²) in [5.74, 6) is -1.69. The Morgan fingerprint density at radius 1 is 1.06 bits per heavy atom. The van der Waals surface area contributed by atoms with Crippen molar-refractivity contribution in [2.24, 2.45) is 0 Å². The second kappa shape index (κ2) is 10.8. The van der Waals surface area contributed by atoms with Gasteiger partial charge in [0.05, 0.1) is 16.1 Å². The maximum atomic E-state index is 13.3. The number of urea groups is 1. The number of hydrogen-bond donors (Lipinski definition) is 2. The average Bonchev–Trinajstić information content (AvgIpc) is 2.75. The average molecular weight is 462 g/mol. The molecule has 0 aliphatic rings. The quantitative estimate of drug-likeness (QED) is 0.583. The van der Waals surface area contributed by atoms with Crippen LogP contribution in [0, 0.1) is 6.92 Å². The van der Waals surface area contributed by atoms with Gasteiger partial charge in [0.2, 0.25) is 0 Å². The number of amides is 3. The molecule has 10 heteroatoms. The maximum absolute atomic E-state index is 13.3. The third kappa shape index (κ3) is 5.85. The Hall–Kier alpha value is -3.40. The van der Waals surface area contributed by atoms with E-state index < -0.39 is 34.0 Å². The first kappa shape index (κ1) is 24.9. The molecule has 0 saturated heterocycles. The molecule has 0 aliphatic heterocycles. The van der Waals surface area contributed by atoms with E-state index in [9.17, 15) is 22.8 Å². The smallest absolute Gasteiger partial charge is 0.338 e. The Balaban J connectivity index is 2.27. The number of nitrogens with zero attached hydrogens (tertiary/aromatic N) is 1. The van der Waals surface area contributed by atoms with Gasteiger partial charge in [-0.25, -0.2) is 18.0 Å². The lowest BCUT2D eigenvalue weighted by molar-refractivity contribution is -0.127. The summed E-state index contributed by atoms with van der Waals surface area (Å²) < 4.78 is 33.0. The van der Waals surface area contributed by atoms with Crippen molar-refractivity contribution in [2.45, 2.75) is 38.7 Å².